The molecule has 0 aliphatic heterocycles. The first-order chi connectivity index (χ1) is 13.9. The molecule has 0 unspecified atom stereocenters. The molecule has 29 heavy (non-hydrogen) atoms. The minimum absolute atomic E-state index is 0.297. The first-order valence-electron chi connectivity index (χ1n) is 8.21. The van der Waals surface area contributed by atoms with E-state index in [4.69, 9.17) is 30.5 Å². The molecule has 2 amide bonds. The number of amides is 2. The van der Waals surface area contributed by atoms with Crippen LogP contribution in [0.15, 0.2) is 35.4 Å². The van der Waals surface area contributed by atoms with Gasteiger partial charge in [-0.25, -0.2) is 5.43 Å². The molecule has 9 nitrogen and oxygen atoms in total. The van der Waals surface area contributed by atoms with Gasteiger partial charge < -0.3 is 24.3 Å². The van der Waals surface area contributed by atoms with Gasteiger partial charge in [-0.2, -0.15) is 5.10 Å². The molecule has 2 rings (SSSR count). The van der Waals surface area contributed by atoms with E-state index in [1.807, 2.05) is 0 Å². The Morgan fingerprint density at radius 1 is 0.897 bits per heavy atom. The summed E-state index contributed by atoms with van der Waals surface area (Å²) >= 11 is 5.99. The summed E-state index contributed by atoms with van der Waals surface area (Å²) in [7, 11) is 5.92. The SMILES string of the molecule is COc1ccc(NC(=O)C(=O)N/N=C\c2cc(OC)c(OC)c(OC)c2)cc1Cl. The zero-order valence-corrected chi connectivity index (χ0v) is 17.0. The number of hydrogen-bond donors (Lipinski definition) is 2. The Morgan fingerprint density at radius 3 is 2.03 bits per heavy atom. The van der Waals surface area contributed by atoms with Crippen molar-refractivity contribution in [3.8, 4) is 23.0 Å². The van der Waals surface area contributed by atoms with Crippen LogP contribution in [-0.4, -0.2) is 46.5 Å². The summed E-state index contributed by atoms with van der Waals surface area (Å²) in [4.78, 5) is 23.9. The van der Waals surface area contributed by atoms with E-state index < -0.39 is 11.8 Å². The molecule has 0 heterocycles. The highest BCUT2D eigenvalue weighted by Crippen LogP contribution is 2.37. The zero-order valence-electron chi connectivity index (χ0n) is 16.2. The van der Waals surface area contributed by atoms with Crippen molar-refractivity contribution in [2.75, 3.05) is 33.8 Å². The van der Waals surface area contributed by atoms with Crippen LogP contribution in [-0.2, 0) is 9.59 Å². The summed E-state index contributed by atoms with van der Waals surface area (Å²) in [6.45, 7) is 0. The second kappa shape index (κ2) is 10.2. The Labute approximate surface area is 172 Å². The highest BCUT2D eigenvalue weighted by Gasteiger charge is 2.15. The van der Waals surface area contributed by atoms with E-state index in [0.29, 0.717) is 39.3 Å². The number of hydrogen-bond acceptors (Lipinski definition) is 7. The highest BCUT2D eigenvalue weighted by molar-refractivity contribution is 6.40. The molecule has 0 saturated heterocycles. The lowest BCUT2D eigenvalue weighted by molar-refractivity contribution is -0.136. The van der Waals surface area contributed by atoms with Gasteiger partial charge in [0.15, 0.2) is 11.5 Å². The smallest absolute Gasteiger partial charge is 0.329 e. The monoisotopic (exact) mass is 421 g/mol. The summed E-state index contributed by atoms with van der Waals surface area (Å²) < 4.78 is 20.7. The maximum Gasteiger partial charge on any atom is 0.329 e. The van der Waals surface area contributed by atoms with Gasteiger partial charge in [0.25, 0.3) is 0 Å². The van der Waals surface area contributed by atoms with E-state index in [-0.39, 0.29) is 0 Å². The minimum atomic E-state index is -0.958. The Kier molecular flexibility index (Phi) is 7.67. The van der Waals surface area contributed by atoms with Crippen molar-refractivity contribution in [3.63, 3.8) is 0 Å². The standard InChI is InChI=1S/C19H20ClN3O6/c1-26-14-6-5-12(9-13(14)20)22-18(24)19(25)23-21-10-11-7-15(27-2)17(29-4)16(8-11)28-3/h5-10H,1-4H3,(H,22,24)(H,23,25)/b21-10-. The van der Waals surface area contributed by atoms with Crippen LogP contribution in [0.1, 0.15) is 5.56 Å². The van der Waals surface area contributed by atoms with Crippen LogP contribution >= 0.6 is 11.6 Å². The van der Waals surface area contributed by atoms with Gasteiger partial charge in [-0.05, 0) is 30.3 Å². The number of nitrogens with one attached hydrogen (secondary N) is 2. The van der Waals surface area contributed by atoms with Gasteiger partial charge in [0.2, 0.25) is 5.75 Å². The van der Waals surface area contributed by atoms with Crippen molar-refractivity contribution in [1.82, 2.24) is 5.43 Å². The van der Waals surface area contributed by atoms with Crippen LogP contribution in [0.4, 0.5) is 5.69 Å². The van der Waals surface area contributed by atoms with Crippen LogP contribution in [0.2, 0.25) is 5.02 Å². The summed E-state index contributed by atoms with van der Waals surface area (Å²) in [5.74, 6) is -0.144. The largest absolute Gasteiger partial charge is 0.495 e. The third-order valence-electron chi connectivity index (χ3n) is 3.68. The average Bonchev–Trinajstić information content (AvgIpc) is 2.72. The molecule has 0 aliphatic rings. The number of ether oxygens (including phenoxy) is 4. The van der Waals surface area contributed by atoms with E-state index in [0.717, 1.165) is 0 Å². The van der Waals surface area contributed by atoms with Crippen molar-refractivity contribution in [2.45, 2.75) is 0 Å². The molecule has 0 spiro atoms. The maximum absolute atomic E-state index is 12.0. The number of halogens is 1. The summed E-state index contributed by atoms with van der Waals surface area (Å²) in [5.41, 5.74) is 3.03. The van der Waals surface area contributed by atoms with Gasteiger partial charge in [-0.3, -0.25) is 9.59 Å². The van der Waals surface area contributed by atoms with Crippen LogP contribution in [0.5, 0.6) is 23.0 Å². The molecule has 2 N–H and O–H groups in total. The lowest BCUT2D eigenvalue weighted by atomic mass is 10.2. The molecule has 2 aromatic carbocycles. The number of hydrazone groups is 1. The van der Waals surface area contributed by atoms with E-state index in [1.54, 1.807) is 24.3 Å². The van der Waals surface area contributed by atoms with Gasteiger partial charge in [0.1, 0.15) is 5.75 Å². The molecule has 154 valence electrons. The maximum atomic E-state index is 12.0. The molecular weight excluding hydrogens is 402 g/mol. The lowest BCUT2D eigenvalue weighted by Crippen LogP contribution is -2.32. The lowest BCUT2D eigenvalue weighted by Gasteiger charge is -2.12. The molecule has 10 heteroatoms. The topological polar surface area (TPSA) is 107 Å². The number of anilines is 1. The minimum Gasteiger partial charge on any atom is -0.495 e. The molecule has 0 aliphatic carbocycles. The molecule has 2 aromatic rings. The van der Waals surface area contributed by atoms with Gasteiger partial charge in [-0.15, -0.1) is 0 Å². The molecule has 0 aromatic heterocycles. The zero-order chi connectivity index (χ0) is 21.4. The summed E-state index contributed by atoms with van der Waals surface area (Å²) in [6, 6.07) is 7.85. The summed E-state index contributed by atoms with van der Waals surface area (Å²) in [6.07, 6.45) is 1.33. The van der Waals surface area contributed by atoms with Gasteiger partial charge in [0, 0.05) is 11.3 Å². The first-order valence-corrected chi connectivity index (χ1v) is 8.59. The number of carbonyl (C=O) groups is 2. The summed E-state index contributed by atoms with van der Waals surface area (Å²) in [5, 5.41) is 6.48. The number of benzene rings is 2. The Balaban J connectivity index is 2.03. The van der Waals surface area contributed by atoms with Gasteiger partial charge in [-0.1, -0.05) is 11.6 Å². The highest BCUT2D eigenvalue weighted by atomic mass is 35.5. The fourth-order valence-corrected chi connectivity index (χ4v) is 2.58. The molecular formula is C19H20ClN3O6. The molecule has 0 atom stereocenters. The first kappa shape index (κ1) is 21.8. The van der Waals surface area contributed by atoms with Crippen molar-refractivity contribution >= 4 is 35.3 Å². The molecule has 0 saturated carbocycles. The number of carbonyl (C=O) groups excluding carboxylic acids is 2. The molecule has 0 bridgehead atoms. The third kappa shape index (κ3) is 5.52. The Hall–Kier alpha value is -3.46. The van der Waals surface area contributed by atoms with Crippen LogP contribution in [0.3, 0.4) is 0 Å². The van der Waals surface area contributed by atoms with E-state index >= 15 is 0 Å². The number of rotatable bonds is 7. The molecule has 0 radical (unpaired) electrons. The van der Waals surface area contributed by atoms with E-state index in [9.17, 15) is 9.59 Å². The van der Waals surface area contributed by atoms with Crippen molar-refractivity contribution in [2.24, 2.45) is 5.10 Å². The van der Waals surface area contributed by atoms with Gasteiger partial charge >= 0.3 is 11.8 Å². The fraction of sp³-hybridized carbons (Fsp3) is 0.211. The fourth-order valence-electron chi connectivity index (χ4n) is 2.32. The van der Waals surface area contributed by atoms with Crippen molar-refractivity contribution in [1.29, 1.82) is 0 Å². The van der Waals surface area contributed by atoms with E-state index in [2.05, 4.69) is 15.8 Å². The van der Waals surface area contributed by atoms with Crippen LogP contribution < -0.4 is 29.7 Å². The third-order valence-corrected chi connectivity index (χ3v) is 3.98. The predicted molar refractivity (Wildman–Crippen MR) is 108 cm³/mol. The number of nitrogens with zero attached hydrogens (tertiary/aromatic N) is 1. The number of methoxy groups -OCH3 is 4. The Bertz CT molecular complexity index is 907. The van der Waals surface area contributed by atoms with Crippen molar-refractivity contribution in [3.05, 3.63) is 40.9 Å². The quantitative estimate of drug-likeness (QED) is 0.404. The average molecular weight is 422 g/mol. The predicted octanol–water partition coefficient (Wildman–Crippen LogP) is 2.46. The second-order valence-electron chi connectivity index (χ2n) is 5.46. The van der Waals surface area contributed by atoms with E-state index in [1.165, 1.54) is 40.7 Å². The van der Waals surface area contributed by atoms with Crippen molar-refractivity contribution < 1.29 is 28.5 Å². The van der Waals surface area contributed by atoms with Crippen LogP contribution in [0.25, 0.3) is 0 Å². The van der Waals surface area contributed by atoms with Crippen LogP contribution in [0, 0.1) is 0 Å². The Morgan fingerprint density at radius 2 is 1.52 bits per heavy atom. The molecule has 0 fully saturated rings. The van der Waals surface area contributed by atoms with Gasteiger partial charge in [0.05, 0.1) is 39.7 Å². The second-order valence-corrected chi connectivity index (χ2v) is 5.87. The normalized spacial score (nSPS) is 10.4.